The molecule has 0 saturated heterocycles. The smallest absolute Gasteiger partial charge is 0.293 e. The molecule has 0 saturated carbocycles. The van der Waals surface area contributed by atoms with Crippen molar-refractivity contribution in [2.75, 3.05) is 5.33 Å². The normalized spacial score (nSPS) is 11.1. The van der Waals surface area contributed by atoms with Gasteiger partial charge in [-0.05, 0) is 12.1 Å². The summed E-state index contributed by atoms with van der Waals surface area (Å²) in [5.41, 5.74) is -2.97. The Morgan fingerprint density at radius 2 is 2.00 bits per heavy atom. The molecule has 1 aromatic carbocycles. The minimum atomic E-state index is -4.88. The zero-order valence-corrected chi connectivity index (χ0v) is 9.69. The van der Waals surface area contributed by atoms with E-state index in [1.165, 1.54) is 0 Å². The second kappa shape index (κ2) is 4.84. The highest BCUT2D eigenvalue weighted by Gasteiger charge is 2.36. The fraction of sp³-hybridized carbons (Fsp3) is 0.200. The Morgan fingerprint density at radius 3 is 2.41 bits per heavy atom. The maximum Gasteiger partial charge on any atom is 0.417 e. The van der Waals surface area contributed by atoms with E-state index in [9.17, 15) is 22.4 Å². The molecule has 0 N–H and O–H groups in total. The van der Waals surface area contributed by atoms with Crippen LogP contribution in [0.2, 0.25) is 0 Å². The molecule has 0 aromatic heterocycles. The predicted octanol–water partition coefficient (Wildman–Crippen LogP) is 3.29. The maximum absolute atomic E-state index is 13.2. The van der Waals surface area contributed by atoms with E-state index in [2.05, 4.69) is 15.9 Å². The van der Waals surface area contributed by atoms with Crippen LogP contribution in [-0.4, -0.2) is 11.1 Å². The van der Waals surface area contributed by atoms with Gasteiger partial charge in [-0.1, -0.05) is 15.9 Å². The summed E-state index contributed by atoms with van der Waals surface area (Å²) in [5, 5.41) is 8.24. The van der Waals surface area contributed by atoms with Crippen LogP contribution >= 0.6 is 15.9 Å². The number of carbonyl (C=O) groups excluding carboxylic acids is 1. The molecule has 0 bridgehead atoms. The van der Waals surface area contributed by atoms with Crippen molar-refractivity contribution in [3.63, 3.8) is 0 Å². The first-order valence-corrected chi connectivity index (χ1v) is 5.33. The van der Waals surface area contributed by atoms with Crippen LogP contribution in [0.25, 0.3) is 0 Å². The molecule has 0 spiro atoms. The second-order valence-electron chi connectivity index (χ2n) is 3.05. The maximum atomic E-state index is 13.2. The Kier molecular flexibility index (Phi) is 3.88. The lowest BCUT2D eigenvalue weighted by molar-refractivity contribution is -0.138. The number of rotatable bonds is 2. The predicted molar refractivity (Wildman–Crippen MR) is 54.2 cm³/mol. The molecular weight excluding hydrogens is 306 g/mol. The molecular formula is C10H4BrF4NO. The first kappa shape index (κ1) is 13.6. The monoisotopic (exact) mass is 309 g/mol. The molecule has 17 heavy (non-hydrogen) atoms. The SMILES string of the molecule is N#Cc1c(F)cc(C(=O)CBr)cc1C(F)(F)F. The van der Waals surface area contributed by atoms with Crippen molar-refractivity contribution in [3.05, 3.63) is 34.6 Å². The van der Waals surface area contributed by atoms with E-state index in [4.69, 9.17) is 5.26 Å². The Balaban J connectivity index is 3.52. The van der Waals surface area contributed by atoms with Gasteiger partial charge in [-0.3, -0.25) is 4.79 Å². The molecule has 0 fully saturated rings. The summed E-state index contributed by atoms with van der Waals surface area (Å²) in [6.07, 6.45) is -4.88. The fourth-order valence-corrected chi connectivity index (χ4v) is 1.51. The van der Waals surface area contributed by atoms with Gasteiger partial charge in [0.15, 0.2) is 5.78 Å². The first-order valence-electron chi connectivity index (χ1n) is 4.21. The van der Waals surface area contributed by atoms with E-state index < -0.39 is 34.5 Å². The van der Waals surface area contributed by atoms with E-state index >= 15 is 0 Å². The number of benzene rings is 1. The summed E-state index contributed by atoms with van der Waals surface area (Å²) in [4.78, 5) is 11.2. The summed E-state index contributed by atoms with van der Waals surface area (Å²) in [5.74, 6) is -2.05. The molecule has 1 rings (SSSR count). The van der Waals surface area contributed by atoms with Gasteiger partial charge in [0.05, 0.1) is 16.5 Å². The van der Waals surface area contributed by atoms with Gasteiger partial charge in [0.1, 0.15) is 11.9 Å². The molecule has 0 aliphatic heterocycles. The molecule has 0 unspecified atom stereocenters. The van der Waals surface area contributed by atoms with Crippen LogP contribution in [0.5, 0.6) is 0 Å². The topological polar surface area (TPSA) is 40.9 Å². The van der Waals surface area contributed by atoms with Crippen molar-refractivity contribution in [2.45, 2.75) is 6.18 Å². The number of hydrogen-bond donors (Lipinski definition) is 0. The lowest BCUT2D eigenvalue weighted by atomic mass is 10.0. The molecule has 0 aliphatic carbocycles. The lowest BCUT2D eigenvalue weighted by Gasteiger charge is -2.10. The van der Waals surface area contributed by atoms with Crippen LogP contribution < -0.4 is 0 Å². The van der Waals surface area contributed by atoms with Crippen LogP contribution in [0.4, 0.5) is 17.6 Å². The summed E-state index contributed by atoms with van der Waals surface area (Å²) >= 11 is 2.77. The molecule has 0 amide bonds. The Labute approximate surface area is 102 Å². The minimum absolute atomic E-state index is 0.227. The number of carbonyl (C=O) groups is 1. The number of ketones is 1. The third-order valence-corrected chi connectivity index (χ3v) is 2.46. The quantitative estimate of drug-likeness (QED) is 0.478. The fourth-order valence-electron chi connectivity index (χ4n) is 1.18. The zero-order valence-electron chi connectivity index (χ0n) is 8.11. The van der Waals surface area contributed by atoms with Crippen molar-refractivity contribution < 1.29 is 22.4 Å². The van der Waals surface area contributed by atoms with Crippen molar-refractivity contribution in [1.29, 1.82) is 5.26 Å². The standard InChI is InChI=1S/C10H4BrF4NO/c11-3-9(17)5-1-7(10(13,14)15)6(4-16)8(12)2-5/h1-2H,3H2. The number of Topliss-reactive ketones (excluding diaryl/α,β-unsaturated/α-hetero) is 1. The number of nitrogens with zero attached hydrogens (tertiary/aromatic N) is 1. The van der Waals surface area contributed by atoms with Crippen molar-refractivity contribution >= 4 is 21.7 Å². The molecule has 2 nitrogen and oxygen atoms in total. The van der Waals surface area contributed by atoms with Gasteiger partial charge < -0.3 is 0 Å². The number of alkyl halides is 4. The molecule has 0 aliphatic rings. The van der Waals surface area contributed by atoms with Gasteiger partial charge in [0.25, 0.3) is 0 Å². The third kappa shape index (κ3) is 2.82. The van der Waals surface area contributed by atoms with Crippen LogP contribution in [-0.2, 0) is 6.18 Å². The second-order valence-corrected chi connectivity index (χ2v) is 3.61. The molecule has 0 heterocycles. The summed E-state index contributed by atoms with van der Waals surface area (Å²) in [6.45, 7) is 0. The third-order valence-electron chi connectivity index (χ3n) is 1.95. The molecule has 90 valence electrons. The van der Waals surface area contributed by atoms with E-state index in [1.807, 2.05) is 0 Å². The minimum Gasteiger partial charge on any atom is -0.293 e. The first-order chi connectivity index (χ1) is 7.81. The van der Waals surface area contributed by atoms with Crippen LogP contribution in [0.15, 0.2) is 12.1 Å². The lowest BCUT2D eigenvalue weighted by Crippen LogP contribution is -2.12. The van der Waals surface area contributed by atoms with E-state index in [0.29, 0.717) is 12.1 Å². The van der Waals surface area contributed by atoms with E-state index in [-0.39, 0.29) is 5.33 Å². The molecule has 1 aromatic rings. The Bertz CT molecular complexity index is 504. The average molecular weight is 310 g/mol. The van der Waals surface area contributed by atoms with Gasteiger partial charge in [-0.2, -0.15) is 18.4 Å². The highest BCUT2D eigenvalue weighted by atomic mass is 79.9. The number of nitriles is 1. The van der Waals surface area contributed by atoms with Gasteiger partial charge in [-0.15, -0.1) is 0 Å². The zero-order chi connectivity index (χ0) is 13.2. The number of hydrogen-bond acceptors (Lipinski definition) is 2. The van der Waals surface area contributed by atoms with E-state index in [0.717, 1.165) is 6.07 Å². The summed E-state index contributed by atoms with van der Waals surface area (Å²) < 4.78 is 50.8. The van der Waals surface area contributed by atoms with Gasteiger partial charge >= 0.3 is 6.18 Å². The van der Waals surface area contributed by atoms with Gasteiger partial charge in [0.2, 0.25) is 0 Å². The molecule has 0 radical (unpaired) electrons. The molecule has 7 heteroatoms. The van der Waals surface area contributed by atoms with Gasteiger partial charge in [-0.25, -0.2) is 4.39 Å². The highest BCUT2D eigenvalue weighted by molar-refractivity contribution is 9.09. The Morgan fingerprint density at radius 1 is 1.41 bits per heavy atom. The van der Waals surface area contributed by atoms with E-state index in [1.54, 1.807) is 0 Å². The molecule has 0 atom stereocenters. The van der Waals surface area contributed by atoms with Crippen molar-refractivity contribution in [3.8, 4) is 6.07 Å². The van der Waals surface area contributed by atoms with Crippen LogP contribution in [0, 0.1) is 17.1 Å². The number of halogens is 5. The highest BCUT2D eigenvalue weighted by Crippen LogP contribution is 2.33. The summed E-state index contributed by atoms with van der Waals surface area (Å²) in [7, 11) is 0. The summed E-state index contributed by atoms with van der Waals surface area (Å²) in [6, 6.07) is 2.24. The van der Waals surface area contributed by atoms with Gasteiger partial charge in [0, 0.05) is 5.56 Å². The van der Waals surface area contributed by atoms with Crippen molar-refractivity contribution in [2.24, 2.45) is 0 Å². The largest absolute Gasteiger partial charge is 0.417 e. The van der Waals surface area contributed by atoms with Crippen molar-refractivity contribution in [1.82, 2.24) is 0 Å². The van der Waals surface area contributed by atoms with Crippen LogP contribution in [0.3, 0.4) is 0 Å². The average Bonchev–Trinajstić information content (AvgIpc) is 2.25. The Hall–Kier alpha value is -1.42. The van der Waals surface area contributed by atoms with Crippen LogP contribution in [0.1, 0.15) is 21.5 Å².